The van der Waals surface area contributed by atoms with Gasteiger partial charge in [0.2, 0.25) is 5.82 Å². The minimum atomic E-state index is -1.27. The number of hydrogen-bond acceptors (Lipinski definition) is 4. The third-order valence-corrected chi connectivity index (χ3v) is 7.05. The summed E-state index contributed by atoms with van der Waals surface area (Å²) in [5, 5.41) is 0. The van der Waals surface area contributed by atoms with E-state index < -0.39 is 33.2 Å². The molecule has 25 heavy (non-hydrogen) atoms. The fraction of sp³-hybridized carbons (Fsp3) is 0.750. The quantitative estimate of drug-likeness (QED) is 0.455. The summed E-state index contributed by atoms with van der Waals surface area (Å²) in [7, 11) is -2.50. The Kier molecular flexibility index (Phi) is 7.98. The molecule has 0 unspecified atom stereocenters. The van der Waals surface area contributed by atoms with Crippen LogP contribution in [0.2, 0.25) is 51.4 Å². The van der Waals surface area contributed by atoms with Gasteiger partial charge in [0, 0.05) is 29.4 Å². The highest BCUT2D eigenvalue weighted by Gasteiger charge is 2.15. The zero-order valence-corrected chi connectivity index (χ0v) is 18.2. The maximum atomic E-state index is 13.8. The molecule has 1 aromatic rings. The average molecular weight is 391 g/mol. The Morgan fingerprint density at radius 3 is 1.88 bits per heavy atom. The molecule has 0 spiro atoms. The molecular weight excluding hydrogens is 359 g/mol. The van der Waals surface area contributed by atoms with Crippen molar-refractivity contribution in [3.05, 3.63) is 32.9 Å². The van der Waals surface area contributed by atoms with E-state index >= 15 is 0 Å². The lowest BCUT2D eigenvalue weighted by molar-refractivity contribution is 0.0639. The molecule has 0 saturated carbocycles. The van der Waals surface area contributed by atoms with Crippen molar-refractivity contribution in [1.82, 2.24) is 9.13 Å². The number of ether oxygens (including phenoxy) is 2. The molecule has 0 aromatic carbocycles. The number of nitrogens with zero attached hydrogens (tertiary/aromatic N) is 2. The molecule has 0 amide bonds. The lowest BCUT2D eigenvalue weighted by Gasteiger charge is -2.17. The van der Waals surface area contributed by atoms with Gasteiger partial charge in [-0.2, -0.15) is 4.39 Å². The van der Waals surface area contributed by atoms with E-state index in [9.17, 15) is 14.0 Å². The Balaban J connectivity index is 2.74. The number of rotatable bonds is 10. The Bertz CT molecular complexity index is 675. The van der Waals surface area contributed by atoms with Crippen LogP contribution in [-0.4, -0.2) is 38.5 Å². The van der Waals surface area contributed by atoms with E-state index in [1.54, 1.807) is 0 Å². The molecule has 9 heteroatoms. The van der Waals surface area contributed by atoms with E-state index in [1.807, 2.05) is 0 Å². The minimum absolute atomic E-state index is 0.0740. The first-order valence-corrected chi connectivity index (χ1v) is 16.0. The summed E-state index contributed by atoms with van der Waals surface area (Å²) in [6.07, 6.45) is 0.901. The molecule has 0 saturated heterocycles. The van der Waals surface area contributed by atoms with Crippen LogP contribution in [0.1, 0.15) is 0 Å². The van der Waals surface area contributed by atoms with Gasteiger partial charge < -0.3 is 9.47 Å². The van der Waals surface area contributed by atoms with Crippen LogP contribution >= 0.6 is 0 Å². The molecule has 1 rings (SSSR count). The first-order chi connectivity index (χ1) is 11.4. The molecule has 0 fully saturated rings. The zero-order valence-electron chi connectivity index (χ0n) is 16.2. The largest absolute Gasteiger partial charge is 0.361 e. The Morgan fingerprint density at radius 1 is 0.920 bits per heavy atom. The number of halogens is 1. The summed E-state index contributed by atoms with van der Waals surface area (Å²) >= 11 is 0. The Labute approximate surface area is 150 Å². The first-order valence-electron chi connectivity index (χ1n) is 8.56. The lowest BCUT2D eigenvalue weighted by Crippen LogP contribution is -2.42. The van der Waals surface area contributed by atoms with Crippen LogP contribution in [0.4, 0.5) is 4.39 Å². The normalized spacial score (nSPS) is 12.6. The van der Waals surface area contributed by atoms with Crippen molar-refractivity contribution in [2.24, 2.45) is 0 Å². The van der Waals surface area contributed by atoms with Crippen LogP contribution in [0.15, 0.2) is 15.8 Å². The second-order valence-corrected chi connectivity index (χ2v) is 19.9. The molecule has 144 valence electrons. The monoisotopic (exact) mass is 390 g/mol. The van der Waals surface area contributed by atoms with E-state index in [0.29, 0.717) is 13.2 Å². The van der Waals surface area contributed by atoms with Crippen LogP contribution < -0.4 is 11.2 Å². The fourth-order valence-electron chi connectivity index (χ4n) is 1.90. The predicted molar refractivity (Wildman–Crippen MR) is 103 cm³/mol. The summed E-state index contributed by atoms with van der Waals surface area (Å²) < 4.78 is 26.6. The van der Waals surface area contributed by atoms with Crippen molar-refractivity contribution < 1.29 is 13.9 Å². The van der Waals surface area contributed by atoms with Crippen LogP contribution in [-0.2, 0) is 22.9 Å². The van der Waals surface area contributed by atoms with Crippen LogP contribution in [0.5, 0.6) is 0 Å². The third kappa shape index (κ3) is 8.26. The van der Waals surface area contributed by atoms with Gasteiger partial charge in [0.1, 0.15) is 13.5 Å². The van der Waals surface area contributed by atoms with Gasteiger partial charge in [-0.15, -0.1) is 0 Å². The molecule has 1 heterocycles. The number of hydrogen-bond donors (Lipinski definition) is 0. The maximum absolute atomic E-state index is 13.8. The Morgan fingerprint density at radius 2 is 1.40 bits per heavy atom. The van der Waals surface area contributed by atoms with Gasteiger partial charge in [-0.25, -0.2) is 9.36 Å². The molecular formula is C16H31FN2O4Si2. The van der Waals surface area contributed by atoms with Crippen molar-refractivity contribution in [3.8, 4) is 0 Å². The minimum Gasteiger partial charge on any atom is -0.361 e. The highest BCUT2D eigenvalue weighted by Crippen LogP contribution is 2.08. The summed E-state index contributed by atoms with van der Waals surface area (Å²) in [5.41, 5.74) is -1.58. The van der Waals surface area contributed by atoms with Gasteiger partial charge in [-0.05, 0) is 12.1 Å². The van der Waals surface area contributed by atoms with Gasteiger partial charge in [-0.3, -0.25) is 9.36 Å². The van der Waals surface area contributed by atoms with E-state index in [0.717, 1.165) is 27.4 Å². The van der Waals surface area contributed by atoms with E-state index in [4.69, 9.17) is 9.47 Å². The van der Waals surface area contributed by atoms with Crippen LogP contribution in [0.3, 0.4) is 0 Å². The second kappa shape index (κ2) is 9.06. The highest BCUT2D eigenvalue weighted by molar-refractivity contribution is 6.76. The van der Waals surface area contributed by atoms with E-state index in [-0.39, 0.29) is 13.5 Å². The molecule has 0 aliphatic carbocycles. The fourth-order valence-corrected chi connectivity index (χ4v) is 3.41. The van der Waals surface area contributed by atoms with Crippen LogP contribution in [0, 0.1) is 5.82 Å². The third-order valence-electron chi connectivity index (χ3n) is 3.64. The molecule has 0 aliphatic rings. The second-order valence-electron chi connectivity index (χ2n) is 8.66. The Hall–Kier alpha value is -1.04. The summed E-state index contributed by atoms with van der Waals surface area (Å²) in [6.45, 7) is 13.9. The molecule has 1 aromatic heterocycles. The molecule has 0 atom stereocenters. The standard InChI is InChI=1S/C16H31FN2O4Si2/c1-24(2,3)9-7-22-12-18-11-14(17)15(20)19(16(18)21)13-23-8-10-25(4,5)6/h11H,7-10,12-13H2,1-6H3. The first kappa shape index (κ1) is 22.0. The molecule has 0 N–H and O–H groups in total. The molecule has 0 bridgehead atoms. The number of aromatic nitrogens is 2. The van der Waals surface area contributed by atoms with Crippen LogP contribution in [0.25, 0.3) is 0 Å². The topological polar surface area (TPSA) is 62.5 Å². The van der Waals surface area contributed by atoms with Crippen molar-refractivity contribution in [2.75, 3.05) is 13.2 Å². The highest BCUT2D eigenvalue weighted by atomic mass is 28.3. The van der Waals surface area contributed by atoms with Crippen molar-refractivity contribution in [1.29, 1.82) is 0 Å². The summed E-state index contributed by atoms with van der Waals surface area (Å²) in [5.74, 6) is -0.984. The average Bonchev–Trinajstić information content (AvgIpc) is 2.45. The summed E-state index contributed by atoms with van der Waals surface area (Å²) in [4.78, 5) is 24.2. The van der Waals surface area contributed by atoms with Gasteiger partial charge in [-0.1, -0.05) is 39.3 Å². The van der Waals surface area contributed by atoms with Gasteiger partial charge >= 0.3 is 5.69 Å². The van der Waals surface area contributed by atoms with Gasteiger partial charge in [0.25, 0.3) is 5.56 Å². The van der Waals surface area contributed by atoms with Crippen molar-refractivity contribution >= 4 is 16.1 Å². The SMILES string of the molecule is C[Si](C)(C)CCOCn1cc(F)c(=O)n(COCC[Si](C)(C)C)c1=O. The van der Waals surface area contributed by atoms with Gasteiger partial charge in [0.05, 0.1) is 6.20 Å². The van der Waals surface area contributed by atoms with Crippen molar-refractivity contribution in [2.45, 2.75) is 64.8 Å². The zero-order chi connectivity index (χ0) is 19.3. The van der Waals surface area contributed by atoms with E-state index in [1.165, 1.54) is 0 Å². The predicted octanol–water partition coefficient (Wildman–Crippen LogP) is 2.77. The molecule has 0 radical (unpaired) electrons. The lowest BCUT2D eigenvalue weighted by atomic mass is 10.6. The van der Waals surface area contributed by atoms with Crippen molar-refractivity contribution in [3.63, 3.8) is 0 Å². The maximum Gasteiger partial charge on any atom is 0.334 e. The smallest absolute Gasteiger partial charge is 0.334 e. The molecule has 6 nitrogen and oxygen atoms in total. The van der Waals surface area contributed by atoms with E-state index in [2.05, 4.69) is 39.3 Å². The van der Waals surface area contributed by atoms with Gasteiger partial charge in [0.15, 0.2) is 0 Å². The summed E-state index contributed by atoms with van der Waals surface area (Å²) in [6, 6.07) is 1.86. The molecule has 0 aliphatic heterocycles.